The van der Waals surface area contributed by atoms with Crippen molar-refractivity contribution in [3.63, 3.8) is 0 Å². The SMILES string of the molecule is Cc1ccc(-c2ccc3c(c2)c2ccccc2n3-c2ccc(-c3ccc(-n4c5ccccc5c5cc(-c6ccc(C)cc6C)ccc54)cc3C#N)c(C#N)c2)c(C)c1. The number of benzene rings is 8. The first kappa shape index (κ1) is 34.8. The molecule has 0 amide bonds. The largest absolute Gasteiger partial charge is 0.309 e. The summed E-state index contributed by atoms with van der Waals surface area (Å²) in [7, 11) is 0. The molecule has 0 atom stereocenters. The average Bonchev–Trinajstić information content (AvgIpc) is 3.75. The van der Waals surface area contributed by atoms with Crippen molar-refractivity contribution in [1.29, 1.82) is 10.5 Å². The molecule has 4 nitrogen and oxygen atoms in total. The second kappa shape index (κ2) is 13.5. The normalized spacial score (nSPS) is 11.4. The molecule has 0 N–H and O–H groups in total. The minimum atomic E-state index is 0.510. The number of para-hydroxylation sites is 2. The minimum absolute atomic E-state index is 0.510. The van der Waals surface area contributed by atoms with Gasteiger partial charge < -0.3 is 9.13 Å². The third kappa shape index (κ3) is 5.50. The van der Waals surface area contributed by atoms with E-state index < -0.39 is 0 Å². The molecule has 10 rings (SSSR count). The molecule has 0 saturated carbocycles. The second-order valence-electron chi connectivity index (χ2n) is 15.5. The lowest BCUT2D eigenvalue weighted by molar-refractivity contribution is 1.17. The van der Waals surface area contributed by atoms with Crippen LogP contribution in [0, 0.1) is 50.4 Å². The van der Waals surface area contributed by atoms with Gasteiger partial charge in [-0.25, -0.2) is 0 Å². The topological polar surface area (TPSA) is 57.4 Å². The molecule has 2 aromatic heterocycles. The molecule has 58 heavy (non-hydrogen) atoms. The lowest BCUT2D eigenvalue weighted by atomic mass is 9.95. The summed E-state index contributed by atoms with van der Waals surface area (Å²) in [6.45, 7) is 8.58. The summed E-state index contributed by atoms with van der Waals surface area (Å²) in [4.78, 5) is 0. The van der Waals surface area contributed by atoms with Crippen LogP contribution in [0.25, 0.3) is 88.4 Å². The molecule has 0 aliphatic heterocycles. The molecule has 274 valence electrons. The predicted molar refractivity (Wildman–Crippen MR) is 240 cm³/mol. The second-order valence-corrected chi connectivity index (χ2v) is 15.5. The fourth-order valence-corrected chi connectivity index (χ4v) is 9.11. The van der Waals surface area contributed by atoms with Crippen LogP contribution in [0.4, 0.5) is 0 Å². The number of nitriles is 2. The maximum Gasteiger partial charge on any atom is 0.0998 e. The Bertz CT molecular complexity index is 3190. The Hall–Kier alpha value is -7.66. The Labute approximate surface area is 337 Å². The van der Waals surface area contributed by atoms with E-state index in [1.165, 1.54) is 44.5 Å². The zero-order valence-corrected chi connectivity index (χ0v) is 32.8. The number of hydrogen-bond donors (Lipinski definition) is 0. The first-order valence-corrected chi connectivity index (χ1v) is 19.6. The number of nitrogens with zero attached hydrogens (tertiary/aromatic N) is 4. The quantitative estimate of drug-likeness (QED) is 0.176. The van der Waals surface area contributed by atoms with Gasteiger partial charge >= 0.3 is 0 Å². The summed E-state index contributed by atoms with van der Waals surface area (Å²) in [5.74, 6) is 0. The molecule has 0 spiro atoms. The molecule has 0 aliphatic carbocycles. The Morgan fingerprint density at radius 2 is 0.759 bits per heavy atom. The molecular weight excluding hydrogens is 705 g/mol. The maximum atomic E-state index is 10.6. The van der Waals surface area contributed by atoms with E-state index >= 15 is 0 Å². The number of rotatable bonds is 5. The van der Waals surface area contributed by atoms with Gasteiger partial charge in [0.2, 0.25) is 0 Å². The third-order valence-electron chi connectivity index (χ3n) is 11.8. The van der Waals surface area contributed by atoms with Gasteiger partial charge in [-0.3, -0.25) is 0 Å². The van der Waals surface area contributed by atoms with Gasteiger partial charge in [-0.05, 0) is 122 Å². The van der Waals surface area contributed by atoms with Crippen LogP contribution < -0.4 is 0 Å². The van der Waals surface area contributed by atoms with E-state index in [9.17, 15) is 10.5 Å². The molecule has 0 fully saturated rings. The van der Waals surface area contributed by atoms with E-state index in [1.807, 2.05) is 24.3 Å². The first-order chi connectivity index (χ1) is 28.3. The molecule has 2 heterocycles. The third-order valence-corrected chi connectivity index (χ3v) is 11.8. The van der Waals surface area contributed by atoms with E-state index in [0.29, 0.717) is 11.1 Å². The molecule has 0 aliphatic rings. The monoisotopic (exact) mass is 742 g/mol. The van der Waals surface area contributed by atoms with Crippen LogP contribution in [0.5, 0.6) is 0 Å². The van der Waals surface area contributed by atoms with Crippen LogP contribution in [0.1, 0.15) is 33.4 Å². The summed E-state index contributed by atoms with van der Waals surface area (Å²) in [5, 5.41) is 25.9. The van der Waals surface area contributed by atoms with Crippen LogP contribution in [0.15, 0.2) is 158 Å². The van der Waals surface area contributed by atoms with E-state index in [-0.39, 0.29) is 0 Å². The number of aromatic nitrogens is 2. The van der Waals surface area contributed by atoms with Crippen molar-refractivity contribution in [3.05, 3.63) is 191 Å². The van der Waals surface area contributed by atoms with Crippen LogP contribution in [0.2, 0.25) is 0 Å². The van der Waals surface area contributed by atoms with Crippen molar-refractivity contribution in [2.75, 3.05) is 0 Å². The Morgan fingerprint density at radius 1 is 0.362 bits per heavy atom. The van der Waals surface area contributed by atoms with Gasteiger partial charge in [0.25, 0.3) is 0 Å². The molecular formula is C54H38N4. The molecule has 10 aromatic rings. The summed E-state index contributed by atoms with van der Waals surface area (Å²) in [5.41, 5.74) is 18.3. The fourth-order valence-electron chi connectivity index (χ4n) is 9.11. The minimum Gasteiger partial charge on any atom is -0.309 e. The lowest BCUT2D eigenvalue weighted by Crippen LogP contribution is -1.98. The maximum absolute atomic E-state index is 10.6. The molecule has 8 aromatic carbocycles. The van der Waals surface area contributed by atoms with Crippen LogP contribution in [-0.4, -0.2) is 9.13 Å². The summed E-state index contributed by atoms with van der Waals surface area (Å²) >= 11 is 0. The first-order valence-electron chi connectivity index (χ1n) is 19.6. The molecule has 4 heteroatoms. The molecule has 0 bridgehead atoms. The smallest absolute Gasteiger partial charge is 0.0998 e. The zero-order chi connectivity index (χ0) is 39.7. The van der Waals surface area contributed by atoms with Gasteiger partial charge in [-0.1, -0.05) is 108 Å². The van der Waals surface area contributed by atoms with Crippen LogP contribution in [0.3, 0.4) is 0 Å². The van der Waals surface area contributed by atoms with Gasteiger partial charge in [0.15, 0.2) is 0 Å². The van der Waals surface area contributed by atoms with Gasteiger partial charge in [0, 0.05) is 44.0 Å². The van der Waals surface area contributed by atoms with Crippen molar-refractivity contribution in [3.8, 4) is 56.9 Å². The Morgan fingerprint density at radius 3 is 1.17 bits per heavy atom. The summed E-state index contributed by atoms with van der Waals surface area (Å²) in [6.07, 6.45) is 0. The van der Waals surface area contributed by atoms with Crippen LogP contribution in [-0.2, 0) is 0 Å². The Kier molecular flexibility index (Phi) is 8.11. The van der Waals surface area contributed by atoms with Crippen LogP contribution >= 0.6 is 0 Å². The van der Waals surface area contributed by atoms with Crippen molar-refractivity contribution in [2.45, 2.75) is 27.7 Å². The van der Waals surface area contributed by atoms with Crippen molar-refractivity contribution >= 4 is 43.6 Å². The van der Waals surface area contributed by atoms with Crippen molar-refractivity contribution in [2.24, 2.45) is 0 Å². The molecule has 0 unspecified atom stereocenters. The summed E-state index contributed by atoms with van der Waals surface area (Å²) < 4.78 is 4.48. The number of fused-ring (bicyclic) bond motifs is 6. The van der Waals surface area contributed by atoms with E-state index in [4.69, 9.17) is 0 Å². The van der Waals surface area contributed by atoms with E-state index in [1.54, 1.807) is 0 Å². The Balaban J connectivity index is 1.08. The molecule has 0 radical (unpaired) electrons. The fraction of sp³-hybridized carbons (Fsp3) is 0.0741. The average molecular weight is 743 g/mol. The highest BCUT2D eigenvalue weighted by Gasteiger charge is 2.19. The predicted octanol–water partition coefficient (Wildman–Crippen LogP) is 13.9. The lowest BCUT2D eigenvalue weighted by Gasteiger charge is -2.14. The van der Waals surface area contributed by atoms with Gasteiger partial charge in [-0.2, -0.15) is 10.5 Å². The molecule has 0 saturated heterocycles. The highest BCUT2D eigenvalue weighted by molar-refractivity contribution is 6.12. The number of hydrogen-bond acceptors (Lipinski definition) is 2. The van der Waals surface area contributed by atoms with Gasteiger partial charge in [-0.15, -0.1) is 0 Å². The highest BCUT2D eigenvalue weighted by atomic mass is 15.0. The highest BCUT2D eigenvalue weighted by Crippen LogP contribution is 2.40. The van der Waals surface area contributed by atoms with Gasteiger partial charge in [0.05, 0.1) is 45.3 Å². The zero-order valence-electron chi connectivity index (χ0n) is 32.8. The van der Waals surface area contributed by atoms with E-state index in [0.717, 1.165) is 66.1 Å². The number of aryl methyl sites for hydroxylation is 4. The van der Waals surface area contributed by atoms with E-state index in [2.05, 4.69) is 182 Å². The van der Waals surface area contributed by atoms with Crippen molar-refractivity contribution < 1.29 is 0 Å². The summed E-state index contributed by atoms with van der Waals surface area (Å²) in [6, 6.07) is 60.4. The van der Waals surface area contributed by atoms with Crippen molar-refractivity contribution in [1.82, 2.24) is 9.13 Å². The standard InChI is InChI=1S/C54H38N4/c1-33-13-19-43(35(3)25-33)37-15-23-53-49(29-37)47-9-5-7-11-51(47)57(53)41-17-21-45(39(27-41)31-55)46-22-18-42(28-40(46)32-56)58-52-12-8-6-10-48(52)50-30-38(16-24-54(50)58)44-20-14-34(2)26-36(44)4/h5-30H,1-4H3. The van der Waals surface area contributed by atoms with Gasteiger partial charge in [0.1, 0.15) is 0 Å².